The van der Waals surface area contributed by atoms with Crippen molar-refractivity contribution in [2.75, 3.05) is 375 Å². The number of rotatable bonds is 92. The molecule has 5 aliphatic rings. The minimum atomic E-state index is -0.714. The molecular formula is C105H185N7O29. The van der Waals surface area contributed by atoms with Gasteiger partial charge in [-0.2, -0.15) is 0 Å². The number of allylic oxidation sites excluding steroid dienone is 1. The number of aliphatic hydroxyl groups is 2. The Hall–Kier alpha value is -4.70. The van der Waals surface area contributed by atoms with Crippen LogP contribution >= 0.6 is 0 Å². The Bertz CT molecular complexity index is 3660. The van der Waals surface area contributed by atoms with Crippen molar-refractivity contribution in [2.24, 2.45) is 51.8 Å². The molecule has 814 valence electrons. The lowest BCUT2D eigenvalue weighted by molar-refractivity contribution is -0.134. The largest absolute Gasteiger partial charge is 0.446 e. The van der Waals surface area contributed by atoms with E-state index in [1.165, 1.54) is 56.9 Å². The van der Waals surface area contributed by atoms with Gasteiger partial charge >= 0.3 is 6.09 Å². The number of nitrogens with two attached hydrogens (primary N) is 1. The maximum absolute atomic E-state index is 12.9. The van der Waals surface area contributed by atoms with E-state index in [-0.39, 0.29) is 36.7 Å². The maximum Gasteiger partial charge on any atom is 0.407 e. The van der Waals surface area contributed by atoms with Crippen LogP contribution in [0.15, 0.2) is 29.8 Å². The third kappa shape index (κ3) is 49.1. The van der Waals surface area contributed by atoms with Crippen molar-refractivity contribution in [3.8, 4) is 0 Å². The summed E-state index contributed by atoms with van der Waals surface area (Å²) in [5.74, 6) is 6.30. The fourth-order valence-corrected chi connectivity index (χ4v) is 19.8. The smallest absolute Gasteiger partial charge is 0.407 e. The van der Waals surface area contributed by atoms with Gasteiger partial charge in [-0.1, -0.05) is 97.9 Å². The number of ether oxygens (including phenoxy) is 25. The number of imidazole rings is 1. The van der Waals surface area contributed by atoms with Gasteiger partial charge in [0.05, 0.1) is 348 Å². The first-order valence-corrected chi connectivity index (χ1v) is 53.4. The molecule has 1 saturated heterocycles. The Morgan fingerprint density at radius 3 is 1.30 bits per heavy atom. The number of nitrogens with one attached hydrogen (secondary N) is 1. The van der Waals surface area contributed by atoms with Gasteiger partial charge in [-0.05, 0) is 129 Å². The van der Waals surface area contributed by atoms with E-state index in [0.717, 1.165) is 129 Å². The average molecular weight is 2010 g/mol. The highest BCUT2D eigenvalue weighted by molar-refractivity contribution is 6.06. The SMILES string of the molecule is CCCCc1nc2c(N)nc3cc(CCCN4CCN(C(=O)CCOCCOCCOCCOCCOCCOCCOCCOCCOCCOCCOCCOCCOCCOCCOCCOCCOCCOCCOCCOCCOCCOCCOCCOCCNC(=O)O[C@H]5CC[C@@]6(C)C(=CC[C@H]7[C@@H]8CC[C@H]([C@H](C)CCCC(C)C)[C@@]8(C)CC[C@@H]76)C5)CC4)ccc3c2n1CC(C)(CO)CO. The number of aromatic nitrogens is 3. The van der Waals surface area contributed by atoms with Crippen LogP contribution in [-0.4, -0.2) is 422 Å². The van der Waals surface area contributed by atoms with E-state index in [1.54, 1.807) is 5.57 Å². The molecule has 5 N–H and O–H groups in total. The standard InChI is InChI=1S/C105H185N7O29/c1-8-9-15-97-109-99-100(112(97)83-103(5,84-113)85-114)92-18-16-88(81-96(92)108-101(99)106)14-11-28-110-29-31-111(32-30-110)98(115)24-33-117-35-37-119-39-41-121-43-45-123-47-49-125-51-53-127-55-57-129-59-61-131-63-65-133-67-69-135-71-73-137-75-77-139-79-80-140-78-76-138-74-72-136-70-68-134-66-64-132-62-60-130-58-56-128-54-52-126-50-48-124-46-44-122-42-40-120-38-36-118-34-27-107-102(116)141-90-22-25-104(6)89(82-90)17-19-91-94-21-20-93(87(4)13-10-12-86(2)3)105(94,7)26-23-95(91)104/h16-18,81,86-87,90-91,93-95,113-114H,8-15,19-80,82-85H2,1-7H3,(H2,106,108)(H,107,116)/t87-,90+,91+,93-,94+,95+,104+,105-/m1/s1. The van der Waals surface area contributed by atoms with Gasteiger partial charge < -0.3 is 149 Å². The lowest BCUT2D eigenvalue weighted by Gasteiger charge is -2.58. The number of aryl methyl sites for hydroxylation is 2. The van der Waals surface area contributed by atoms with Crippen molar-refractivity contribution in [2.45, 2.75) is 170 Å². The summed E-state index contributed by atoms with van der Waals surface area (Å²) in [6, 6.07) is 6.38. The van der Waals surface area contributed by atoms with Gasteiger partial charge in [-0.25, -0.2) is 14.8 Å². The summed E-state index contributed by atoms with van der Waals surface area (Å²) < 4.78 is 142. The number of anilines is 1. The zero-order valence-corrected chi connectivity index (χ0v) is 87.4. The van der Waals surface area contributed by atoms with Crippen LogP contribution in [0.4, 0.5) is 10.6 Å². The Balaban J connectivity index is 0.432. The quantitative estimate of drug-likeness (QED) is 0.0301. The van der Waals surface area contributed by atoms with Gasteiger partial charge in [0.25, 0.3) is 0 Å². The molecule has 8 rings (SSSR count). The minimum absolute atomic E-state index is 0.0642. The molecule has 3 aromatic rings. The molecule has 2 aromatic heterocycles. The molecule has 0 spiro atoms. The molecule has 1 aromatic carbocycles. The lowest BCUT2D eigenvalue weighted by atomic mass is 9.47. The van der Waals surface area contributed by atoms with Crippen LogP contribution in [0.1, 0.15) is 156 Å². The lowest BCUT2D eigenvalue weighted by Crippen LogP contribution is -2.51. The Morgan fingerprint density at radius 1 is 0.482 bits per heavy atom. The third-order valence-corrected chi connectivity index (χ3v) is 27.6. The number of hydrogen-bond donors (Lipinski definition) is 4. The maximum atomic E-state index is 12.9. The topological polar surface area (TPSA) is 381 Å². The molecule has 0 radical (unpaired) electrons. The van der Waals surface area contributed by atoms with E-state index in [0.29, 0.717) is 366 Å². The van der Waals surface area contributed by atoms with E-state index >= 15 is 0 Å². The summed E-state index contributed by atoms with van der Waals surface area (Å²) in [5, 5.41) is 24.2. The average Bonchev–Trinajstić information content (AvgIpc) is 1.69. The molecule has 1 aliphatic heterocycles. The van der Waals surface area contributed by atoms with Crippen molar-refractivity contribution in [3.63, 3.8) is 0 Å². The number of unbranched alkanes of at least 4 members (excludes halogenated alkanes) is 1. The number of pyridine rings is 1. The van der Waals surface area contributed by atoms with Crippen molar-refractivity contribution < 1.29 is 138 Å². The zero-order chi connectivity index (χ0) is 100. The van der Waals surface area contributed by atoms with Crippen LogP contribution in [0.5, 0.6) is 0 Å². The van der Waals surface area contributed by atoms with E-state index in [9.17, 15) is 19.8 Å². The second kappa shape index (κ2) is 75.9. The Labute approximate surface area is 842 Å². The van der Waals surface area contributed by atoms with Gasteiger partial charge in [0.1, 0.15) is 17.4 Å². The summed E-state index contributed by atoms with van der Waals surface area (Å²) in [6.07, 6.45) is 20.9. The molecule has 141 heavy (non-hydrogen) atoms. The Kier molecular flexibility index (Phi) is 65.4. The second-order valence-electron chi connectivity index (χ2n) is 38.6. The van der Waals surface area contributed by atoms with Crippen molar-refractivity contribution in [3.05, 3.63) is 41.2 Å². The highest BCUT2D eigenvalue weighted by Crippen LogP contribution is 2.67. The fourth-order valence-electron chi connectivity index (χ4n) is 19.8. The van der Waals surface area contributed by atoms with Crippen LogP contribution in [0.3, 0.4) is 0 Å². The second-order valence-corrected chi connectivity index (χ2v) is 38.6. The molecule has 36 heteroatoms. The molecule has 3 saturated carbocycles. The van der Waals surface area contributed by atoms with Gasteiger partial charge in [0.15, 0.2) is 5.82 Å². The number of alkyl carbamates (subject to hydrolysis) is 1. The summed E-state index contributed by atoms with van der Waals surface area (Å²) in [7, 11) is 0. The van der Waals surface area contributed by atoms with E-state index in [1.807, 2.05) is 11.8 Å². The number of benzene rings is 1. The number of aliphatic hydroxyl groups excluding tert-OH is 2. The molecule has 0 bridgehead atoms. The van der Waals surface area contributed by atoms with Crippen LogP contribution in [0, 0.1) is 51.8 Å². The molecule has 0 unspecified atom stereocenters. The van der Waals surface area contributed by atoms with Crippen LogP contribution in [-0.2, 0) is 143 Å². The van der Waals surface area contributed by atoms with E-state index < -0.39 is 5.41 Å². The van der Waals surface area contributed by atoms with Gasteiger partial charge in [0.2, 0.25) is 5.91 Å². The predicted octanol–water partition coefficient (Wildman–Crippen LogP) is 10.5. The van der Waals surface area contributed by atoms with Crippen molar-refractivity contribution in [1.29, 1.82) is 0 Å². The molecule has 36 nitrogen and oxygen atoms in total. The number of carbonyl (C=O) groups excluding carboxylic acids is 2. The first kappa shape index (κ1) is 122. The number of carbonyl (C=O) groups is 2. The van der Waals surface area contributed by atoms with Crippen molar-refractivity contribution in [1.82, 2.24) is 29.7 Å². The summed E-state index contributed by atoms with van der Waals surface area (Å²) in [4.78, 5) is 39.8. The molecule has 8 atom stereocenters. The van der Waals surface area contributed by atoms with Crippen LogP contribution in [0.2, 0.25) is 0 Å². The summed E-state index contributed by atoms with van der Waals surface area (Å²) in [5.41, 5.74) is 11.6. The molecule has 4 aliphatic carbocycles. The number of piperazine rings is 1. The van der Waals surface area contributed by atoms with Gasteiger partial charge in [0, 0.05) is 62.9 Å². The highest BCUT2D eigenvalue weighted by atomic mass is 16.6. The number of nitrogen functional groups attached to an aromatic ring is 1. The van der Waals surface area contributed by atoms with E-state index in [2.05, 4.69) is 80.6 Å². The highest BCUT2D eigenvalue weighted by Gasteiger charge is 2.59. The normalized spacial score (nSPS) is 19.7. The predicted molar refractivity (Wildman–Crippen MR) is 537 cm³/mol. The number of amides is 2. The molecule has 2 amide bonds. The van der Waals surface area contributed by atoms with Gasteiger partial charge in [-0.15, -0.1) is 0 Å². The number of fused-ring (bicyclic) bond motifs is 8. The van der Waals surface area contributed by atoms with Crippen LogP contribution < -0.4 is 11.1 Å². The van der Waals surface area contributed by atoms with Crippen molar-refractivity contribution >= 4 is 39.8 Å². The zero-order valence-electron chi connectivity index (χ0n) is 87.4. The van der Waals surface area contributed by atoms with Crippen LogP contribution in [0.25, 0.3) is 21.9 Å². The molecule has 4 fully saturated rings. The number of hydrogen-bond acceptors (Lipinski definition) is 33. The third-order valence-electron chi connectivity index (χ3n) is 27.6. The monoisotopic (exact) mass is 2010 g/mol. The fraction of sp³-hybridized carbons (Fsp3) is 0.867. The van der Waals surface area contributed by atoms with E-state index in [4.69, 9.17) is 134 Å². The molecular weight excluding hydrogens is 1820 g/mol. The number of nitrogens with zero attached hydrogens (tertiary/aromatic N) is 5. The first-order chi connectivity index (χ1) is 69.1. The first-order valence-electron chi connectivity index (χ1n) is 53.4. The summed E-state index contributed by atoms with van der Waals surface area (Å²) in [6.45, 7) is 43.3. The summed E-state index contributed by atoms with van der Waals surface area (Å²) >= 11 is 0. The Morgan fingerprint density at radius 2 is 0.894 bits per heavy atom. The molecule has 3 heterocycles. The van der Waals surface area contributed by atoms with Gasteiger partial charge in [-0.3, -0.25) is 9.69 Å². The minimum Gasteiger partial charge on any atom is -0.446 e.